The van der Waals surface area contributed by atoms with Crippen LogP contribution in [0.5, 0.6) is 0 Å². The van der Waals surface area contributed by atoms with Gasteiger partial charge in [-0.1, -0.05) is 18.5 Å². The van der Waals surface area contributed by atoms with Crippen LogP contribution in [0.3, 0.4) is 0 Å². The summed E-state index contributed by atoms with van der Waals surface area (Å²) < 4.78 is 12.6. The molecule has 0 amide bonds. The molecular formula is C11H18ClN3O2S. The predicted molar refractivity (Wildman–Crippen MR) is 75.9 cm³/mol. The van der Waals surface area contributed by atoms with E-state index in [0.29, 0.717) is 23.7 Å². The van der Waals surface area contributed by atoms with Crippen molar-refractivity contribution < 1.29 is 4.21 Å². The zero-order chi connectivity index (χ0) is 13.7. The van der Waals surface area contributed by atoms with Gasteiger partial charge in [0.2, 0.25) is 0 Å². The third kappa shape index (κ3) is 3.81. The van der Waals surface area contributed by atoms with Crippen LogP contribution in [0.4, 0.5) is 5.69 Å². The molecule has 102 valence electrons. The van der Waals surface area contributed by atoms with E-state index in [1.165, 1.54) is 10.9 Å². The maximum Gasteiger partial charge on any atom is 0.287 e. The molecule has 1 atom stereocenters. The molecule has 0 aliphatic rings. The Labute approximate surface area is 114 Å². The van der Waals surface area contributed by atoms with Crippen LogP contribution >= 0.6 is 11.6 Å². The molecule has 0 aliphatic carbocycles. The molecule has 0 radical (unpaired) electrons. The smallest absolute Gasteiger partial charge is 0.287 e. The molecule has 0 spiro atoms. The second kappa shape index (κ2) is 6.89. The zero-order valence-corrected chi connectivity index (χ0v) is 12.3. The summed E-state index contributed by atoms with van der Waals surface area (Å²) in [6, 6.07) is -0.0309. The summed E-state index contributed by atoms with van der Waals surface area (Å²) in [5.41, 5.74) is 0.181. The van der Waals surface area contributed by atoms with Crippen LogP contribution in [-0.4, -0.2) is 32.0 Å². The Bertz CT molecular complexity index is 488. The third-order valence-corrected chi connectivity index (χ3v) is 4.07. The van der Waals surface area contributed by atoms with Crippen LogP contribution in [-0.2, 0) is 10.8 Å². The number of rotatable bonds is 6. The first-order chi connectivity index (χ1) is 8.47. The van der Waals surface area contributed by atoms with E-state index in [0.717, 1.165) is 0 Å². The maximum atomic E-state index is 11.9. The molecule has 0 saturated carbocycles. The number of nitrogens with one attached hydrogen (secondary N) is 1. The molecule has 18 heavy (non-hydrogen) atoms. The molecule has 0 saturated heterocycles. The van der Waals surface area contributed by atoms with Crippen molar-refractivity contribution in [2.75, 3.05) is 23.4 Å². The zero-order valence-electron chi connectivity index (χ0n) is 10.8. The van der Waals surface area contributed by atoms with Crippen molar-refractivity contribution in [3.05, 3.63) is 21.6 Å². The van der Waals surface area contributed by atoms with Gasteiger partial charge in [-0.2, -0.15) is 5.10 Å². The Hall–Kier alpha value is -0.880. The molecule has 1 N–H and O–H groups in total. The van der Waals surface area contributed by atoms with Crippen molar-refractivity contribution in [1.29, 1.82) is 0 Å². The fraction of sp³-hybridized carbons (Fsp3) is 0.636. The van der Waals surface area contributed by atoms with Gasteiger partial charge < -0.3 is 5.32 Å². The van der Waals surface area contributed by atoms with Gasteiger partial charge in [0.1, 0.15) is 5.02 Å². The molecule has 0 fully saturated rings. The number of anilines is 1. The molecule has 1 rings (SSSR count). The van der Waals surface area contributed by atoms with Gasteiger partial charge in [0.15, 0.2) is 0 Å². The van der Waals surface area contributed by atoms with Gasteiger partial charge in [0.05, 0.1) is 17.9 Å². The SMILES string of the molecule is CCS(=O)CCNc1cnn(C(C)C)c(=O)c1Cl. The van der Waals surface area contributed by atoms with Gasteiger partial charge >= 0.3 is 0 Å². The average molecular weight is 292 g/mol. The van der Waals surface area contributed by atoms with Crippen LogP contribution in [0.15, 0.2) is 11.0 Å². The first-order valence-electron chi connectivity index (χ1n) is 5.83. The second-order valence-corrected chi connectivity index (χ2v) is 6.32. The van der Waals surface area contributed by atoms with Crippen LogP contribution in [0.25, 0.3) is 0 Å². The van der Waals surface area contributed by atoms with E-state index in [-0.39, 0.29) is 16.6 Å². The lowest BCUT2D eigenvalue weighted by Crippen LogP contribution is -2.26. The fourth-order valence-corrected chi connectivity index (χ4v) is 2.20. The Morgan fingerprint density at radius 2 is 2.22 bits per heavy atom. The lowest BCUT2D eigenvalue weighted by atomic mass is 10.4. The number of aromatic nitrogens is 2. The third-order valence-electron chi connectivity index (χ3n) is 2.40. The number of nitrogens with zero attached hydrogens (tertiary/aromatic N) is 2. The highest BCUT2D eigenvalue weighted by Gasteiger charge is 2.10. The number of halogens is 1. The van der Waals surface area contributed by atoms with Gasteiger partial charge in [-0.25, -0.2) is 4.68 Å². The molecule has 5 nitrogen and oxygen atoms in total. The van der Waals surface area contributed by atoms with Gasteiger partial charge in [-0.3, -0.25) is 9.00 Å². The largest absolute Gasteiger partial charge is 0.381 e. The maximum absolute atomic E-state index is 11.9. The lowest BCUT2D eigenvalue weighted by Gasteiger charge is -2.11. The molecule has 0 bridgehead atoms. The van der Waals surface area contributed by atoms with E-state index in [2.05, 4.69) is 10.4 Å². The van der Waals surface area contributed by atoms with Crippen LogP contribution in [0, 0.1) is 0 Å². The van der Waals surface area contributed by atoms with E-state index in [1.807, 2.05) is 20.8 Å². The van der Waals surface area contributed by atoms with Gasteiger partial charge in [-0.15, -0.1) is 0 Å². The summed E-state index contributed by atoms with van der Waals surface area (Å²) in [6.07, 6.45) is 1.53. The second-order valence-electron chi connectivity index (χ2n) is 4.08. The molecule has 7 heteroatoms. The first kappa shape index (κ1) is 15.2. The van der Waals surface area contributed by atoms with Crippen molar-refractivity contribution >= 4 is 28.1 Å². The van der Waals surface area contributed by atoms with E-state index in [9.17, 15) is 9.00 Å². The van der Waals surface area contributed by atoms with Gasteiger partial charge in [0, 0.05) is 28.9 Å². The molecular weight excluding hydrogens is 274 g/mol. The highest BCUT2D eigenvalue weighted by molar-refractivity contribution is 7.84. The van der Waals surface area contributed by atoms with Crippen molar-refractivity contribution in [3.63, 3.8) is 0 Å². The number of hydrogen-bond donors (Lipinski definition) is 1. The highest BCUT2D eigenvalue weighted by Crippen LogP contribution is 2.15. The topological polar surface area (TPSA) is 64.0 Å². The van der Waals surface area contributed by atoms with Crippen LogP contribution in [0.1, 0.15) is 26.8 Å². The monoisotopic (exact) mass is 291 g/mol. The van der Waals surface area contributed by atoms with E-state index in [4.69, 9.17) is 11.6 Å². The number of hydrogen-bond acceptors (Lipinski definition) is 4. The summed E-state index contributed by atoms with van der Waals surface area (Å²) >= 11 is 5.98. The quantitative estimate of drug-likeness (QED) is 0.866. The normalized spacial score (nSPS) is 12.7. The Balaban J connectivity index is 2.77. The molecule has 0 aromatic carbocycles. The summed E-state index contributed by atoms with van der Waals surface area (Å²) in [5, 5.41) is 7.15. The summed E-state index contributed by atoms with van der Waals surface area (Å²) in [7, 11) is -0.834. The standard InChI is InChI=1S/C11H18ClN3O2S/c1-4-18(17)6-5-13-9-7-14-15(8(2)3)11(16)10(9)12/h7-8,13H,4-6H2,1-3H3. The van der Waals surface area contributed by atoms with Crippen molar-refractivity contribution in [3.8, 4) is 0 Å². The Morgan fingerprint density at radius 3 is 2.78 bits per heavy atom. The van der Waals surface area contributed by atoms with E-state index in [1.54, 1.807) is 0 Å². The molecule has 1 heterocycles. The minimum atomic E-state index is -0.834. The predicted octanol–water partition coefficient (Wildman–Crippen LogP) is 1.66. The molecule has 0 aliphatic heterocycles. The van der Waals surface area contributed by atoms with Crippen molar-refractivity contribution in [1.82, 2.24) is 9.78 Å². The van der Waals surface area contributed by atoms with Gasteiger partial charge in [0.25, 0.3) is 5.56 Å². The first-order valence-corrected chi connectivity index (χ1v) is 7.70. The summed E-state index contributed by atoms with van der Waals surface area (Å²) in [5.74, 6) is 1.16. The van der Waals surface area contributed by atoms with Crippen molar-refractivity contribution in [2.45, 2.75) is 26.8 Å². The lowest BCUT2D eigenvalue weighted by molar-refractivity contribution is 0.503. The Morgan fingerprint density at radius 1 is 1.56 bits per heavy atom. The van der Waals surface area contributed by atoms with Crippen LogP contribution in [0.2, 0.25) is 5.02 Å². The average Bonchev–Trinajstić information content (AvgIpc) is 2.33. The summed E-state index contributed by atoms with van der Waals surface area (Å²) in [4.78, 5) is 11.9. The molecule has 1 unspecified atom stereocenters. The van der Waals surface area contributed by atoms with E-state index < -0.39 is 10.8 Å². The minimum absolute atomic E-state index is 0.0309. The molecule has 1 aromatic rings. The summed E-state index contributed by atoms with van der Waals surface area (Å²) in [6.45, 7) is 6.10. The van der Waals surface area contributed by atoms with Gasteiger partial charge in [-0.05, 0) is 13.8 Å². The molecule has 1 aromatic heterocycles. The fourth-order valence-electron chi connectivity index (χ4n) is 1.38. The minimum Gasteiger partial charge on any atom is -0.381 e. The van der Waals surface area contributed by atoms with Crippen molar-refractivity contribution in [2.24, 2.45) is 0 Å². The Kier molecular flexibility index (Phi) is 5.81. The van der Waals surface area contributed by atoms with Crippen LogP contribution < -0.4 is 10.9 Å². The van der Waals surface area contributed by atoms with E-state index >= 15 is 0 Å². The highest BCUT2D eigenvalue weighted by atomic mass is 35.5.